The minimum absolute atomic E-state index is 0.0210. The largest absolute Gasteiger partial charge is 0.484 e. The van der Waals surface area contributed by atoms with Gasteiger partial charge in [-0.1, -0.05) is 6.92 Å². The topological polar surface area (TPSA) is 55.4 Å². The van der Waals surface area contributed by atoms with E-state index in [1.165, 1.54) is 6.07 Å². The molecule has 0 spiro atoms. The molecule has 0 bridgehead atoms. The molecule has 2 aromatic carbocycles. The van der Waals surface area contributed by atoms with Gasteiger partial charge < -0.3 is 10.1 Å². The van der Waals surface area contributed by atoms with Crippen molar-refractivity contribution in [1.82, 2.24) is 0 Å². The Morgan fingerprint density at radius 3 is 2.35 bits per heavy atom. The van der Waals surface area contributed by atoms with Crippen molar-refractivity contribution < 1.29 is 23.1 Å². The second kappa shape index (κ2) is 7.49. The minimum Gasteiger partial charge on any atom is -0.484 e. The number of ether oxygens (including phenoxy) is 1. The molecule has 120 valence electrons. The Morgan fingerprint density at radius 2 is 1.74 bits per heavy atom. The lowest BCUT2D eigenvalue weighted by atomic mass is 10.1. The van der Waals surface area contributed by atoms with E-state index in [4.69, 9.17) is 4.74 Å². The standard InChI is InChI=1S/C17H15F2NO3/c1-2-16(21)11-3-6-13(7-4-11)23-10-17(22)20-12-5-8-14(18)15(19)9-12/h3-9H,2,10H2,1H3,(H,20,22). The number of anilines is 1. The molecule has 0 radical (unpaired) electrons. The van der Waals surface area contributed by atoms with Crippen molar-refractivity contribution in [3.63, 3.8) is 0 Å². The predicted octanol–water partition coefficient (Wildman–Crippen LogP) is 3.58. The molecule has 0 saturated heterocycles. The van der Waals surface area contributed by atoms with Crippen LogP contribution in [0.5, 0.6) is 5.75 Å². The van der Waals surface area contributed by atoms with Crippen LogP contribution < -0.4 is 10.1 Å². The highest BCUT2D eigenvalue weighted by atomic mass is 19.2. The van der Waals surface area contributed by atoms with Crippen LogP contribution in [0.3, 0.4) is 0 Å². The number of carbonyl (C=O) groups is 2. The van der Waals surface area contributed by atoms with Crippen LogP contribution in [-0.4, -0.2) is 18.3 Å². The maximum Gasteiger partial charge on any atom is 0.262 e. The summed E-state index contributed by atoms with van der Waals surface area (Å²) in [5, 5.41) is 2.39. The summed E-state index contributed by atoms with van der Waals surface area (Å²) in [4.78, 5) is 23.2. The van der Waals surface area contributed by atoms with Gasteiger partial charge in [0.15, 0.2) is 24.0 Å². The molecule has 0 unspecified atom stereocenters. The minimum atomic E-state index is -1.04. The lowest BCUT2D eigenvalue weighted by Gasteiger charge is -2.08. The number of amides is 1. The number of hydrogen-bond donors (Lipinski definition) is 1. The van der Waals surface area contributed by atoms with E-state index in [0.29, 0.717) is 17.7 Å². The molecule has 0 aliphatic rings. The molecule has 0 aliphatic heterocycles. The monoisotopic (exact) mass is 319 g/mol. The summed E-state index contributed by atoms with van der Waals surface area (Å²) in [5.41, 5.74) is 0.715. The van der Waals surface area contributed by atoms with E-state index in [9.17, 15) is 18.4 Å². The Balaban J connectivity index is 1.88. The Kier molecular flexibility index (Phi) is 5.41. The molecule has 0 heterocycles. The summed E-state index contributed by atoms with van der Waals surface area (Å²) in [6, 6.07) is 9.49. The van der Waals surface area contributed by atoms with Gasteiger partial charge in [0.1, 0.15) is 5.75 Å². The lowest BCUT2D eigenvalue weighted by molar-refractivity contribution is -0.118. The lowest BCUT2D eigenvalue weighted by Crippen LogP contribution is -2.20. The predicted molar refractivity (Wildman–Crippen MR) is 81.5 cm³/mol. The number of benzene rings is 2. The van der Waals surface area contributed by atoms with E-state index in [1.54, 1.807) is 31.2 Å². The van der Waals surface area contributed by atoms with Crippen molar-refractivity contribution in [1.29, 1.82) is 0 Å². The first kappa shape index (κ1) is 16.6. The molecule has 0 aliphatic carbocycles. The van der Waals surface area contributed by atoms with E-state index in [2.05, 4.69) is 5.32 Å². The number of carbonyl (C=O) groups excluding carboxylic acids is 2. The summed E-state index contributed by atoms with van der Waals surface area (Å²) >= 11 is 0. The number of nitrogens with one attached hydrogen (secondary N) is 1. The van der Waals surface area contributed by atoms with Gasteiger partial charge in [-0.25, -0.2) is 8.78 Å². The van der Waals surface area contributed by atoms with Crippen LogP contribution in [-0.2, 0) is 4.79 Å². The third-order valence-corrected chi connectivity index (χ3v) is 3.07. The van der Waals surface area contributed by atoms with Crippen molar-refractivity contribution in [2.45, 2.75) is 13.3 Å². The molecule has 4 nitrogen and oxygen atoms in total. The number of hydrogen-bond acceptors (Lipinski definition) is 3. The van der Waals surface area contributed by atoms with E-state index in [1.807, 2.05) is 0 Å². The van der Waals surface area contributed by atoms with E-state index in [0.717, 1.165) is 12.1 Å². The first-order valence-corrected chi connectivity index (χ1v) is 7.00. The second-order valence-electron chi connectivity index (χ2n) is 4.77. The molecular weight excluding hydrogens is 304 g/mol. The first-order valence-electron chi connectivity index (χ1n) is 7.00. The molecule has 6 heteroatoms. The van der Waals surface area contributed by atoms with Crippen LogP contribution >= 0.6 is 0 Å². The summed E-state index contributed by atoms with van der Waals surface area (Å²) in [6.45, 7) is 1.48. The third kappa shape index (κ3) is 4.60. The molecule has 23 heavy (non-hydrogen) atoms. The normalized spacial score (nSPS) is 10.2. The molecule has 1 amide bonds. The smallest absolute Gasteiger partial charge is 0.262 e. The quantitative estimate of drug-likeness (QED) is 0.828. The zero-order valence-corrected chi connectivity index (χ0v) is 12.4. The van der Waals surface area contributed by atoms with Gasteiger partial charge in [0.2, 0.25) is 0 Å². The number of ketones is 1. The molecular formula is C17H15F2NO3. The average molecular weight is 319 g/mol. The Hall–Kier alpha value is -2.76. The maximum absolute atomic E-state index is 13.0. The van der Waals surface area contributed by atoms with Gasteiger partial charge in [0, 0.05) is 23.7 Å². The fraction of sp³-hybridized carbons (Fsp3) is 0.176. The van der Waals surface area contributed by atoms with Crippen molar-refractivity contribution in [3.8, 4) is 5.75 Å². The maximum atomic E-state index is 13.0. The second-order valence-corrected chi connectivity index (χ2v) is 4.77. The summed E-state index contributed by atoms with van der Waals surface area (Å²) in [5.74, 6) is -2.09. The number of Topliss-reactive ketones (excluding diaryl/α,β-unsaturated/α-hetero) is 1. The van der Waals surface area contributed by atoms with Crippen LogP contribution in [0.15, 0.2) is 42.5 Å². The zero-order chi connectivity index (χ0) is 16.8. The number of rotatable bonds is 6. The highest BCUT2D eigenvalue weighted by molar-refractivity contribution is 5.96. The molecule has 2 rings (SSSR count). The van der Waals surface area contributed by atoms with Crippen molar-refractivity contribution in [2.75, 3.05) is 11.9 Å². The molecule has 1 N–H and O–H groups in total. The van der Waals surface area contributed by atoms with Crippen LogP contribution in [0.1, 0.15) is 23.7 Å². The molecule has 2 aromatic rings. The van der Waals surface area contributed by atoms with Crippen LogP contribution in [0.2, 0.25) is 0 Å². The fourth-order valence-electron chi connectivity index (χ4n) is 1.86. The number of halogens is 2. The van der Waals surface area contributed by atoms with Gasteiger partial charge in [-0.05, 0) is 36.4 Å². The van der Waals surface area contributed by atoms with Gasteiger partial charge in [0.05, 0.1) is 0 Å². The average Bonchev–Trinajstić information content (AvgIpc) is 2.56. The zero-order valence-electron chi connectivity index (χ0n) is 12.4. The molecule has 0 fully saturated rings. The van der Waals surface area contributed by atoms with E-state index < -0.39 is 17.5 Å². The highest BCUT2D eigenvalue weighted by Gasteiger charge is 2.08. The summed E-state index contributed by atoms with van der Waals surface area (Å²) in [7, 11) is 0. The van der Waals surface area contributed by atoms with Crippen molar-refractivity contribution in [2.24, 2.45) is 0 Å². The van der Waals surface area contributed by atoms with Crippen molar-refractivity contribution in [3.05, 3.63) is 59.7 Å². The van der Waals surface area contributed by atoms with Gasteiger partial charge in [-0.15, -0.1) is 0 Å². The molecule has 0 atom stereocenters. The molecule has 0 aromatic heterocycles. The van der Waals surface area contributed by atoms with Crippen LogP contribution in [0, 0.1) is 11.6 Å². The SMILES string of the molecule is CCC(=O)c1ccc(OCC(=O)Nc2ccc(F)c(F)c2)cc1. The third-order valence-electron chi connectivity index (χ3n) is 3.07. The fourth-order valence-corrected chi connectivity index (χ4v) is 1.86. The van der Waals surface area contributed by atoms with Crippen LogP contribution in [0.25, 0.3) is 0 Å². The van der Waals surface area contributed by atoms with Gasteiger partial charge in [-0.3, -0.25) is 9.59 Å². The van der Waals surface area contributed by atoms with Gasteiger partial charge in [0.25, 0.3) is 5.91 Å². The highest BCUT2D eigenvalue weighted by Crippen LogP contribution is 2.15. The van der Waals surface area contributed by atoms with Gasteiger partial charge >= 0.3 is 0 Å². The summed E-state index contributed by atoms with van der Waals surface area (Å²) < 4.78 is 31.1. The van der Waals surface area contributed by atoms with Gasteiger partial charge in [-0.2, -0.15) is 0 Å². The summed E-state index contributed by atoms with van der Waals surface area (Å²) in [6.07, 6.45) is 0.414. The Bertz CT molecular complexity index is 714. The van der Waals surface area contributed by atoms with E-state index in [-0.39, 0.29) is 18.1 Å². The Labute approximate surface area is 132 Å². The molecule has 0 saturated carbocycles. The van der Waals surface area contributed by atoms with Crippen molar-refractivity contribution >= 4 is 17.4 Å². The first-order chi connectivity index (χ1) is 11.0. The van der Waals surface area contributed by atoms with E-state index >= 15 is 0 Å². The van der Waals surface area contributed by atoms with Crippen LogP contribution in [0.4, 0.5) is 14.5 Å². The Morgan fingerprint density at radius 1 is 1.04 bits per heavy atom.